The highest BCUT2D eigenvalue weighted by Crippen LogP contribution is 2.25. The quantitative estimate of drug-likeness (QED) is 0.526. The lowest BCUT2D eigenvalue weighted by Gasteiger charge is -2.28. The number of fused-ring (bicyclic) bond motifs is 1. The highest BCUT2D eigenvalue weighted by atomic mass is 16.5. The summed E-state index contributed by atoms with van der Waals surface area (Å²) in [6.07, 6.45) is 2.28. The molecule has 1 aliphatic rings. The average molecular weight is 408 g/mol. The lowest BCUT2D eigenvalue weighted by molar-refractivity contribution is 0.0920. The summed E-state index contributed by atoms with van der Waals surface area (Å²) in [6, 6.07) is 13.1. The molecule has 1 aliphatic heterocycles. The Kier molecular flexibility index (Phi) is 6.03. The van der Waals surface area contributed by atoms with Crippen LogP contribution in [-0.4, -0.2) is 63.9 Å². The van der Waals surface area contributed by atoms with Gasteiger partial charge in [-0.2, -0.15) is 9.61 Å². The minimum Gasteiger partial charge on any atom is -0.398 e. The zero-order valence-electron chi connectivity index (χ0n) is 16.4. The first-order chi connectivity index (χ1) is 14.7. The monoisotopic (exact) mass is 408 g/mol. The number of aliphatic hydroxyl groups excluding tert-OH is 2. The Bertz CT molecular complexity index is 1060. The molecular weight excluding hydrogens is 384 g/mol. The van der Waals surface area contributed by atoms with Gasteiger partial charge in [-0.05, 0) is 11.6 Å². The van der Waals surface area contributed by atoms with Crippen LogP contribution >= 0.6 is 0 Å². The fourth-order valence-corrected chi connectivity index (χ4v) is 3.22. The van der Waals surface area contributed by atoms with Gasteiger partial charge in [0.15, 0.2) is 11.5 Å². The number of aromatic nitrogens is 3. The van der Waals surface area contributed by atoms with Gasteiger partial charge in [0.05, 0.1) is 25.5 Å². The van der Waals surface area contributed by atoms with Crippen LogP contribution in [0.3, 0.4) is 0 Å². The van der Waals surface area contributed by atoms with E-state index in [0.717, 1.165) is 11.4 Å². The smallest absolute Gasteiger partial charge is 0.160 e. The number of aliphatic hydroxyl groups is 2. The molecule has 0 amide bonds. The van der Waals surface area contributed by atoms with Crippen LogP contribution in [0.1, 0.15) is 17.4 Å². The van der Waals surface area contributed by atoms with Gasteiger partial charge in [-0.15, -0.1) is 0 Å². The fraction of sp³-hybridized carbons (Fsp3) is 0.286. The Morgan fingerprint density at radius 1 is 1.23 bits per heavy atom. The van der Waals surface area contributed by atoms with E-state index in [4.69, 9.17) is 10.5 Å². The number of benzene rings is 1. The van der Waals surface area contributed by atoms with E-state index in [1.807, 2.05) is 36.4 Å². The van der Waals surface area contributed by atoms with Crippen molar-refractivity contribution in [1.29, 1.82) is 0 Å². The first-order valence-corrected chi connectivity index (χ1v) is 9.73. The van der Waals surface area contributed by atoms with E-state index >= 15 is 0 Å². The molecule has 0 bridgehead atoms. The van der Waals surface area contributed by atoms with E-state index in [1.54, 1.807) is 22.9 Å². The second kappa shape index (κ2) is 9.04. The van der Waals surface area contributed by atoms with Gasteiger partial charge in [-0.1, -0.05) is 30.3 Å². The minimum absolute atomic E-state index is 0.355. The molecule has 3 heterocycles. The topological polar surface area (TPSA) is 122 Å². The van der Waals surface area contributed by atoms with Crippen molar-refractivity contribution < 1.29 is 14.9 Å². The van der Waals surface area contributed by atoms with Gasteiger partial charge < -0.3 is 25.6 Å². The molecule has 1 aromatic carbocycles. The molecule has 30 heavy (non-hydrogen) atoms. The van der Waals surface area contributed by atoms with Crippen LogP contribution in [0.5, 0.6) is 0 Å². The number of morpholine rings is 1. The number of allylic oxidation sites excluding steroid dienone is 1. The molecule has 0 saturated carbocycles. The van der Waals surface area contributed by atoms with Crippen molar-refractivity contribution in [2.24, 2.45) is 10.7 Å². The number of anilines is 1. The van der Waals surface area contributed by atoms with Crippen molar-refractivity contribution in [1.82, 2.24) is 14.6 Å². The van der Waals surface area contributed by atoms with Crippen LogP contribution in [-0.2, 0) is 4.74 Å². The zero-order chi connectivity index (χ0) is 20.9. The zero-order valence-corrected chi connectivity index (χ0v) is 16.4. The third-order valence-corrected chi connectivity index (χ3v) is 4.83. The summed E-state index contributed by atoms with van der Waals surface area (Å²) in [5.74, 6) is 1.29. The first kappa shape index (κ1) is 20.0. The Labute approximate surface area is 173 Å². The lowest BCUT2D eigenvalue weighted by Crippen LogP contribution is -2.37. The molecule has 1 saturated heterocycles. The highest BCUT2D eigenvalue weighted by molar-refractivity contribution is 5.84. The standard InChI is InChI=1S/C21H24N6O3/c22-16(15-4-2-1-3-5-15)6-7-23-19-13-21(26-8-10-30-11-9-26)27-20(24-19)12-17(25-27)18(29)14-28/h1-7,12-13,18,28-29H,8-11,14,22H2. The number of ether oxygens (including phenoxy) is 1. The van der Waals surface area contributed by atoms with E-state index < -0.39 is 12.7 Å². The maximum absolute atomic E-state index is 9.97. The summed E-state index contributed by atoms with van der Waals surface area (Å²) >= 11 is 0. The minimum atomic E-state index is -1.07. The molecular formula is C21H24N6O3. The van der Waals surface area contributed by atoms with Gasteiger partial charge in [0.2, 0.25) is 0 Å². The normalized spacial score (nSPS) is 16.5. The summed E-state index contributed by atoms with van der Waals surface area (Å²) in [7, 11) is 0. The van der Waals surface area contributed by atoms with Crippen LogP contribution in [0.15, 0.2) is 53.5 Å². The van der Waals surface area contributed by atoms with Gasteiger partial charge in [-0.25, -0.2) is 9.98 Å². The third-order valence-electron chi connectivity index (χ3n) is 4.83. The van der Waals surface area contributed by atoms with E-state index in [1.165, 1.54) is 0 Å². The van der Waals surface area contributed by atoms with Crippen LogP contribution in [0.25, 0.3) is 11.3 Å². The van der Waals surface area contributed by atoms with Crippen LogP contribution in [0, 0.1) is 0 Å². The molecule has 9 nitrogen and oxygen atoms in total. The molecule has 0 spiro atoms. The van der Waals surface area contributed by atoms with Crippen molar-refractivity contribution in [3.63, 3.8) is 0 Å². The predicted molar refractivity (Wildman–Crippen MR) is 115 cm³/mol. The molecule has 0 aliphatic carbocycles. The van der Waals surface area contributed by atoms with E-state index in [-0.39, 0.29) is 0 Å². The largest absolute Gasteiger partial charge is 0.398 e. The van der Waals surface area contributed by atoms with Crippen molar-refractivity contribution >= 4 is 29.2 Å². The summed E-state index contributed by atoms with van der Waals surface area (Å²) in [6.45, 7) is 2.24. The van der Waals surface area contributed by atoms with Crippen molar-refractivity contribution in [2.75, 3.05) is 37.8 Å². The van der Waals surface area contributed by atoms with Crippen LogP contribution < -0.4 is 10.6 Å². The number of nitrogens with two attached hydrogens (primary N) is 1. The second-order valence-corrected chi connectivity index (χ2v) is 6.88. The van der Waals surface area contributed by atoms with Gasteiger partial charge >= 0.3 is 0 Å². The number of hydrogen-bond acceptors (Lipinski definition) is 8. The molecule has 4 N–H and O–H groups in total. The van der Waals surface area contributed by atoms with Gasteiger partial charge in [-0.3, -0.25) is 0 Å². The second-order valence-electron chi connectivity index (χ2n) is 6.88. The first-order valence-electron chi connectivity index (χ1n) is 9.73. The molecule has 1 fully saturated rings. The summed E-state index contributed by atoms with van der Waals surface area (Å²) in [5, 5.41) is 23.7. The predicted octanol–water partition coefficient (Wildman–Crippen LogP) is 1.29. The van der Waals surface area contributed by atoms with Crippen molar-refractivity contribution in [3.8, 4) is 0 Å². The highest BCUT2D eigenvalue weighted by Gasteiger charge is 2.19. The maximum atomic E-state index is 9.97. The molecule has 156 valence electrons. The van der Waals surface area contributed by atoms with Gasteiger partial charge in [0, 0.05) is 37.1 Å². The van der Waals surface area contributed by atoms with Gasteiger partial charge in [0.25, 0.3) is 0 Å². The van der Waals surface area contributed by atoms with E-state index in [9.17, 15) is 10.2 Å². The average Bonchev–Trinajstić information content (AvgIpc) is 3.23. The Morgan fingerprint density at radius 3 is 2.73 bits per heavy atom. The molecule has 1 atom stereocenters. The van der Waals surface area contributed by atoms with E-state index in [2.05, 4.69) is 20.0 Å². The van der Waals surface area contributed by atoms with Crippen LogP contribution in [0.4, 0.5) is 11.6 Å². The molecule has 3 aromatic rings. The maximum Gasteiger partial charge on any atom is 0.160 e. The summed E-state index contributed by atoms with van der Waals surface area (Å²) in [5.41, 5.74) is 8.52. The van der Waals surface area contributed by atoms with E-state index in [0.29, 0.717) is 49.2 Å². The molecule has 1 unspecified atom stereocenters. The Balaban J connectivity index is 1.69. The number of aliphatic imine (C=N–C) groups is 1. The SMILES string of the molecule is NC(=CC=Nc1cc(N2CCOCC2)n2nc(C(O)CO)cc2n1)c1ccccc1. The molecule has 9 heteroatoms. The lowest BCUT2D eigenvalue weighted by atomic mass is 10.1. The fourth-order valence-electron chi connectivity index (χ4n) is 3.22. The van der Waals surface area contributed by atoms with Gasteiger partial charge in [0.1, 0.15) is 11.9 Å². The van der Waals surface area contributed by atoms with Crippen molar-refractivity contribution in [3.05, 3.63) is 59.8 Å². The third kappa shape index (κ3) is 4.33. The molecule has 0 radical (unpaired) electrons. The molecule has 2 aromatic heterocycles. The molecule has 4 rings (SSSR count). The summed E-state index contributed by atoms with van der Waals surface area (Å²) in [4.78, 5) is 11.1. The number of hydrogen-bond donors (Lipinski definition) is 3. The van der Waals surface area contributed by atoms with Crippen LogP contribution in [0.2, 0.25) is 0 Å². The Hall–Kier alpha value is -3.27. The number of nitrogens with zero attached hydrogens (tertiary/aromatic N) is 5. The summed E-state index contributed by atoms with van der Waals surface area (Å²) < 4.78 is 7.11. The number of rotatable bonds is 6. The Morgan fingerprint density at radius 2 is 2.00 bits per heavy atom. The van der Waals surface area contributed by atoms with Crippen molar-refractivity contribution in [2.45, 2.75) is 6.10 Å².